The number of rotatable bonds is 7. The molecule has 24 heavy (non-hydrogen) atoms. The summed E-state index contributed by atoms with van der Waals surface area (Å²) in [6.45, 7) is 4.52. The van der Waals surface area contributed by atoms with E-state index in [1.54, 1.807) is 19.1 Å². The van der Waals surface area contributed by atoms with Crippen molar-refractivity contribution < 1.29 is 14.3 Å². The van der Waals surface area contributed by atoms with Crippen molar-refractivity contribution in [3.05, 3.63) is 59.7 Å². The summed E-state index contributed by atoms with van der Waals surface area (Å²) in [6.07, 6.45) is 0.149. The fraction of sp³-hybridized carbons (Fsp3) is 0.350. The zero-order valence-corrected chi connectivity index (χ0v) is 14.8. The third-order valence-corrected chi connectivity index (χ3v) is 3.90. The van der Waals surface area contributed by atoms with E-state index in [0.29, 0.717) is 13.0 Å². The standard InChI is InChI=1S/C20H25NO3/c1-5-19(24-18-10-6-15(2)7-11-18)20(22)21(3)14-16-8-12-17(23-4)13-9-16/h6-13,19H,5,14H2,1-4H3/t19-/m0/s1. The van der Waals surface area contributed by atoms with Crippen molar-refractivity contribution in [2.75, 3.05) is 14.2 Å². The third kappa shape index (κ3) is 4.75. The summed E-state index contributed by atoms with van der Waals surface area (Å²) >= 11 is 0. The summed E-state index contributed by atoms with van der Waals surface area (Å²) in [7, 11) is 3.44. The van der Waals surface area contributed by atoms with Crippen LogP contribution in [0.5, 0.6) is 11.5 Å². The molecule has 0 saturated carbocycles. The van der Waals surface area contributed by atoms with Crippen molar-refractivity contribution in [3.63, 3.8) is 0 Å². The Bertz CT molecular complexity index is 650. The lowest BCUT2D eigenvalue weighted by Crippen LogP contribution is -2.39. The number of methoxy groups -OCH3 is 1. The second kappa shape index (κ2) is 8.39. The van der Waals surface area contributed by atoms with E-state index in [4.69, 9.17) is 9.47 Å². The van der Waals surface area contributed by atoms with Gasteiger partial charge in [0, 0.05) is 13.6 Å². The number of nitrogens with zero attached hydrogens (tertiary/aromatic N) is 1. The Hall–Kier alpha value is -2.49. The molecule has 0 aliphatic carbocycles. The van der Waals surface area contributed by atoms with Gasteiger partial charge in [-0.1, -0.05) is 36.8 Å². The van der Waals surface area contributed by atoms with Crippen LogP contribution < -0.4 is 9.47 Å². The SMILES string of the molecule is CC[C@H](Oc1ccc(C)cc1)C(=O)N(C)Cc1ccc(OC)cc1. The number of hydrogen-bond donors (Lipinski definition) is 0. The van der Waals surface area contributed by atoms with Crippen LogP contribution in [-0.4, -0.2) is 31.1 Å². The Kier molecular flexibility index (Phi) is 6.24. The second-order valence-electron chi connectivity index (χ2n) is 5.87. The second-order valence-corrected chi connectivity index (χ2v) is 5.87. The third-order valence-electron chi connectivity index (χ3n) is 3.90. The molecule has 0 radical (unpaired) electrons. The molecule has 4 nitrogen and oxygen atoms in total. The summed E-state index contributed by atoms with van der Waals surface area (Å²) in [4.78, 5) is 14.3. The van der Waals surface area contributed by atoms with Crippen molar-refractivity contribution in [2.45, 2.75) is 32.9 Å². The molecule has 0 bridgehead atoms. The molecule has 0 saturated heterocycles. The molecule has 0 unspecified atom stereocenters. The molecule has 4 heteroatoms. The number of ether oxygens (including phenoxy) is 2. The van der Waals surface area contributed by atoms with Crippen LogP contribution in [-0.2, 0) is 11.3 Å². The van der Waals surface area contributed by atoms with Crippen LogP contribution in [0.2, 0.25) is 0 Å². The molecule has 0 fully saturated rings. The molecular weight excluding hydrogens is 302 g/mol. The van der Waals surface area contributed by atoms with E-state index in [-0.39, 0.29) is 5.91 Å². The molecule has 0 heterocycles. The average Bonchev–Trinajstić information content (AvgIpc) is 2.61. The summed E-state index contributed by atoms with van der Waals surface area (Å²) in [5.41, 5.74) is 2.22. The summed E-state index contributed by atoms with van der Waals surface area (Å²) in [5, 5.41) is 0. The van der Waals surface area contributed by atoms with Gasteiger partial charge in [0.25, 0.3) is 5.91 Å². The minimum Gasteiger partial charge on any atom is -0.497 e. The summed E-state index contributed by atoms with van der Waals surface area (Å²) in [6, 6.07) is 15.5. The number of carbonyl (C=O) groups excluding carboxylic acids is 1. The molecule has 0 N–H and O–H groups in total. The highest BCUT2D eigenvalue weighted by Crippen LogP contribution is 2.17. The monoisotopic (exact) mass is 327 g/mol. The normalized spacial score (nSPS) is 11.7. The van der Waals surface area contributed by atoms with Gasteiger partial charge < -0.3 is 14.4 Å². The van der Waals surface area contributed by atoms with Crippen molar-refractivity contribution in [3.8, 4) is 11.5 Å². The predicted molar refractivity (Wildman–Crippen MR) is 95.4 cm³/mol. The zero-order chi connectivity index (χ0) is 17.5. The predicted octanol–water partition coefficient (Wildman–Crippen LogP) is 3.82. The fourth-order valence-electron chi connectivity index (χ4n) is 2.42. The number of aryl methyl sites for hydroxylation is 1. The fourth-order valence-corrected chi connectivity index (χ4v) is 2.42. The molecule has 128 valence electrons. The lowest BCUT2D eigenvalue weighted by Gasteiger charge is -2.24. The van der Waals surface area contributed by atoms with E-state index < -0.39 is 6.10 Å². The first kappa shape index (κ1) is 17.9. The summed E-state index contributed by atoms with van der Waals surface area (Å²) in [5.74, 6) is 1.51. The lowest BCUT2D eigenvalue weighted by molar-refractivity contribution is -0.138. The molecule has 0 spiro atoms. The molecule has 2 rings (SSSR count). The van der Waals surface area contributed by atoms with Crippen LogP contribution in [0, 0.1) is 6.92 Å². The minimum atomic E-state index is -0.476. The first-order chi connectivity index (χ1) is 11.5. The van der Waals surface area contributed by atoms with Gasteiger partial charge in [0.05, 0.1) is 7.11 Å². The van der Waals surface area contributed by atoms with Crippen molar-refractivity contribution in [2.24, 2.45) is 0 Å². The number of amides is 1. The number of benzene rings is 2. The maximum Gasteiger partial charge on any atom is 0.263 e. The Morgan fingerprint density at radius 1 is 1.04 bits per heavy atom. The molecule has 0 aliphatic heterocycles. The van der Waals surface area contributed by atoms with Crippen molar-refractivity contribution in [1.29, 1.82) is 0 Å². The molecule has 0 aromatic heterocycles. The molecule has 1 amide bonds. The highest BCUT2D eigenvalue weighted by atomic mass is 16.5. The smallest absolute Gasteiger partial charge is 0.263 e. The molecule has 1 atom stereocenters. The lowest BCUT2D eigenvalue weighted by atomic mass is 10.2. The van der Waals surface area contributed by atoms with Crippen molar-refractivity contribution in [1.82, 2.24) is 4.90 Å². The first-order valence-corrected chi connectivity index (χ1v) is 8.14. The molecular formula is C20H25NO3. The van der Waals surface area contributed by atoms with Gasteiger partial charge >= 0.3 is 0 Å². The van der Waals surface area contributed by atoms with Crippen molar-refractivity contribution >= 4 is 5.91 Å². The number of hydrogen-bond acceptors (Lipinski definition) is 3. The van der Waals surface area contributed by atoms with E-state index in [1.165, 1.54) is 5.56 Å². The molecule has 0 aliphatic rings. The quantitative estimate of drug-likeness (QED) is 0.776. The van der Waals surface area contributed by atoms with E-state index >= 15 is 0 Å². The van der Waals surface area contributed by atoms with E-state index in [9.17, 15) is 4.79 Å². The average molecular weight is 327 g/mol. The van der Waals surface area contributed by atoms with Gasteiger partial charge in [0.2, 0.25) is 0 Å². The zero-order valence-electron chi connectivity index (χ0n) is 14.8. The van der Waals surface area contributed by atoms with Gasteiger partial charge in [-0.15, -0.1) is 0 Å². The first-order valence-electron chi connectivity index (χ1n) is 8.14. The van der Waals surface area contributed by atoms with Crippen LogP contribution in [0.1, 0.15) is 24.5 Å². The van der Waals surface area contributed by atoms with Gasteiger partial charge in [-0.05, 0) is 43.2 Å². The van der Waals surface area contributed by atoms with E-state index in [0.717, 1.165) is 17.1 Å². The number of likely N-dealkylation sites (N-methyl/N-ethyl adjacent to an activating group) is 1. The highest BCUT2D eigenvalue weighted by molar-refractivity contribution is 5.81. The maximum absolute atomic E-state index is 12.6. The largest absolute Gasteiger partial charge is 0.497 e. The van der Waals surface area contributed by atoms with Gasteiger partial charge in [0.1, 0.15) is 11.5 Å². The Morgan fingerprint density at radius 2 is 1.62 bits per heavy atom. The van der Waals surface area contributed by atoms with Crippen LogP contribution in [0.15, 0.2) is 48.5 Å². The van der Waals surface area contributed by atoms with Gasteiger partial charge in [-0.25, -0.2) is 0 Å². The topological polar surface area (TPSA) is 38.8 Å². The van der Waals surface area contributed by atoms with Crippen LogP contribution in [0.25, 0.3) is 0 Å². The Morgan fingerprint density at radius 3 is 2.17 bits per heavy atom. The van der Waals surface area contributed by atoms with Crippen LogP contribution in [0.4, 0.5) is 0 Å². The number of carbonyl (C=O) groups is 1. The minimum absolute atomic E-state index is 0.0195. The van der Waals surface area contributed by atoms with Crippen LogP contribution >= 0.6 is 0 Å². The highest BCUT2D eigenvalue weighted by Gasteiger charge is 2.22. The van der Waals surface area contributed by atoms with Gasteiger partial charge in [-0.2, -0.15) is 0 Å². The van der Waals surface area contributed by atoms with Crippen LogP contribution in [0.3, 0.4) is 0 Å². The Balaban J connectivity index is 1.99. The summed E-state index contributed by atoms with van der Waals surface area (Å²) < 4.78 is 11.0. The van der Waals surface area contributed by atoms with Gasteiger partial charge in [-0.3, -0.25) is 4.79 Å². The van der Waals surface area contributed by atoms with Gasteiger partial charge in [0.15, 0.2) is 6.10 Å². The molecule has 2 aromatic carbocycles. The molecule has 2 aromatic rings. The Labute approximate surface area is 144 Å². The van der Waals surface area contributed by atoms with E-state index in [2.05, 4.69) is 0 Å². The maximum atomic E-state index is 12.6. The van der Waals surface area contributed by atoms with E-state index in [1.807, 2.05) is 62.4 Å².